The summed E-state index contributed by atoms with van der Waals surface area (Å²) in [5.74, 6) is 2.39. The van der Waals surface area contributed by atoms with Crippen LogP contribution in [0.2, 0.25) is 5.02 Å². The molecule has 2 rings (SSSR count). The molecule has 0 unspecified atom stereocenters. The van der Waals surface area contributed by atoms with Crippen molar-refractivity contribution in [1.29, 1.82) is 0 Å². The summed E-state index contributed by atoms with van der Waals surface area (Å²) in [4.78, 5) is 8.62. The summed E-state index contributed by atoms with van der Waals surface area (Å²) in [6.07, 6.45) is 0.708. The number of nitrogens with two attached hydrogens (primary N) is 1. The van der Waals surface area contributed by atoms with Gasteiger partial charge in [0.25, 0.3) is 0 Å². The molecule has 1 aromatic heterocycles. The molecule has 0 saturated heterocycles. The lowest BCUT2D eigenvalue weighted by molar-refractivity contribution is 0.448. The van der Waals surface area contributed by atoms with Crippen molar-refractivity contribution in [1.82, 2.24) is 9.97 Å². The molecule has 0 radical (unpaired) electrons. The van der Waals surface area contributed by atoms with Gasteiger partial charge in [-0.3, -0.25) is 0 Å². The summed E-state index contributed by atoms with van der Waals surface area (Å²) in [7, 11) is 0. The predicted octanol–water partition coefficient (Wildman–Crippen LogP) is 3.99. The number of benzene rings is 1. The number of hydrogen-bond donors (Lipinski definition) is 1. The van der Waals surface area contributed by atoms with E-state index in [-0.39, 0.29) is 0 Å². The highest BCUT2D eigenvalue weighted by Crippen LogP contribution is 2.32. The van der Waals surface area contributed by atoms with Crippen molar-refractivity contribution in [3.8, 4) is 11.6 Å². The molecule has 0 amide bonds. The molecule has 0 aliphatic rings. The van der Waals surface area contributed by atoms with E-state index in [1.807, 2.05) is 39.8 Å². The van der Waals surface area contributed by atoms with Crippen LogP contribution >= 0.6 is 11.6 Å². The number of ether oxygens (including phenoxy) is 1. The molecule has 2 aromatic rings. The molecule has 1 aromatic carbocycles. The standard InChI is InChI=1S/C15H18ClN3O/c1-5-12-18-14(17)10(4)15(19-12)20-13-8(2)6-11(16)7-9(13)3/h6-7H,5H2,1-4H3,(H2,17,18,19). The minimum atomic E-state index is 0.455. The molecule has 0 fully saturated rings. The van der Waals surface area contributed by atoms with Gasteiger partial charge in [0.05, 0.1) is 5.56 Å². The Balaban J connectivity index is 2.47. The fourth-order valence-electron chi connectivity index (χ4n) is 1.97. The Morgan fingerprint density at radius 1 is 1.15 bits per heavy atom. The Morgan fingerprint density at radius 3 is 2.30 bits per heavy atom. The number of hydrogen-bond acceptors (Lipinski definition) is 4. The van der Waals surface area contributed by atoms with Gasteiger partial charge < -0.3 is 10.5 Å². The van der Waals surface area contributed by atoms with Crippen LogP contribution in [0, 0.1) is 20.8 Å². The number of nitrogens with zero attached hydrogens (tertiary/aromatic N) is 2. The Bertz CT molecular complexity index is 633. The minimum Gasteiger partial charge on any atom is -0.438 e. The highest BCUT2D eigenvalue weighted by atomic mass is 35.5. The lowest BCUT2D eigenvalue weighted by atomic mass is 10.1. The molecule has 106 valence electrons. The molecule has 5 heteroatoms. The number of aryl methyl sites for hydroxylation is 3. The predicted molar refractivity (Wildman–Crippen MR) is 81.6 cm³/mol. The number of aromatic nitrogens is 2. The lowest BCUT2D eigenvalue weighted by Crippen LogP contribution is -2.05. The maximum Gasteiger partial charge on any atom is 0.227 e. The molecule has 0 saturated carbocycles. The van der Waals surface area contributed by atoms with Crippen LogP contribution in [0.15, 0.2) is 12.1 Å². The first-order chi connectivity index (χ1) is 9.42. The highest BCUT2D eigenvalue weighted by Gasteiger charge is 2.13. The second-order valence-electron chi connectivity index (χ2n) is 4.78. The second-order valence-corrected chi connectivity index (χ2v) is 5.22. The van der Waals surface area contributed by atoms with Crippen LogP contribution in [0.3, 0.4) is 0 Å². The first kappa shape index (κ1) is 14.6. The second kappa shape index (κ2) is 5.67. The van der Waals surface area contributed by atoms with Gasteiger partial charge in [-0.2, -0.15) is 4.98 Å². The van der Waals surface area contributed by atoms with E-state index in [4.69, 9.17) is 22.1 Å². The van der Waals surface area contributed by atoms with E-state index in [0.717, 1.165) is 22.4 Å². The summed E-state index contributed by atoms with van der Waals surface area (Å²) >= 11 is 6.03. The maximum absolute atomic E-state index is 6.03. The number of rotatable bonds is 3. The van der Waals surface area contributed by atoms with Crippen LogP contribution < -0.4 is 10.5 Å². The van der Waals surface area contributed by atoms with Crippen LogP contribution in [-0.2, 0) is 6.42 Å². The van der Waals surface area contributed by atoms with Crippen LogP contribution in [0.4, 0.5) is 5.82 Å². The third-order valence-corrected chi connectivity index (χ3v) is 3.34. The van der Waals surface area contributed by atoms with Gasteiger partial charge in [0.15, 0.2) is 0 Å². The maximum atomic E-state index is 6.03. The smallest absolute Gasteiger partial charge is 0.227 e. The van der Waals surface area contributed by atoms with Crippen molar-refractivity contribution in [3.05, 3.63) is 39.7 Å². The molecule has 0 spiro atoms. The van der Waals surface area contributed by atoms with E-state index in [0.29, 0.717) is 29.0 Å². The molecule has 20 heavy (non-hydrogen) atoms. The fourth-order valence-corrected chi connectivity index (χ4v) is 2.30. The van der Waals surface area contributed by atoms with Gasteiger partial charge in [-0.15, -0.1) is 0 Å². The third-order valence-electron chi connectivity index (χ3n) is 3.13. The van der Waals surface area contributed by atoms with Crippen molar-refractivity contribution >= 4 is 17.4 Å². The van der Waals surface area contributed by atoms with Crippen LogP contribution in [-0.4, -0.2) is 9.97 Å². The average molecular weight is 292 g/mol. The Hall–Kier alpha value is -1.81. The largest absolute Gasteiger partial charge is 0.438 e. The Kier molecular flexibility index (Phi) is 4.14. The molecular formula is C15H18ClN3O. The van der Waals surface area contributed by atoms with E-state index >= 15 is 0 Å². The zero-order valence-electron chi connectivity index (χ0n) is 12.1. The van der Waals surface area contributed by atoms with E-state index in [1.165, 1.54) is 0 Å². The van der Waals surface area contributed by atoms with Crippen LogP contribution in [0.25, 0.3) is 0 Å². The summed E-state index contributed by atoms with van der Waals surface area (Å²) in [6.45, 7) is 7.74. The summed E-state index contributed by atoms with van der Waals surface area (Å²) < 4.78 is 5.96. The van der Waals surface area contributed by atoms with Crippen molar-refractivity contribution < 1.29 is 4.74 Å². The molecule has 4 nitrogen and oxygen atoms in total. The normalized spacial score (nSPS) is 10.7. The van der Waals surface area contributed by atoms with Gasteiger partial charge in [0.2, 0.25) is 5.88 Å². The van der Waals surface area contributed by atoms with Gasteiger partial charge in [-0.05, 0) is 44.0 Å². The van der Waals surface area contributed by atoms with Crippen LogP contribution in [0.1, 0.15) is 29.4 Å². The number of anilines is 1. The Morgan fingerprint density at radius 2 is 1.75 bits per heavy atom. The van der Waals surface area contributed by atoms with E-state index < -0.39 is 0 Å². The van der Waals surface area contributed by atoms with E-state index in [2.05, 4.69) is 9.97 Å². The quantitative estimate of drug-likeness (QED) is 0.929. The van der Waals surface area contributed by atoms with Crippen molar-refractivity contribution in [2.75, 3.05) is 5.73 Å². The zero-order valence-corrected chi connectivity index (χ0v) is 12.9. The molecule has 2 N–H and O–H groups in total. The number of halogens is 1. The van der Waals surface area contributed by atoms with Gasteiger partial charge in [-0.1, -0.05) is 18.5 Å². The third kappa shape index (κ3) is 2.85. The van der Waals surface area contributed by atoms with Crippen molar-refractivity contribution in [2.24, 2.45) is 0 Å². The lowest BCUT2D eigenvalue weighted by Gasteiger charge is -2.14. The fraction of sp³-hybridized carbons (Fsp3) is 0.333. The van der Waals surface area contributed by atoms with Gasteiger partial charge >= 0.3 is 0 Å². The van der Waals surface area contributed by atoms with E-state index in [9.17, 15) is 0 Å². The zero-order chi connectivity index (χ0) is 14.9. The SMILES string of the molecule is CCc1nc(N)c(C)c(Oc2c(C)cc(Cl)cc2C)n1. The number of nitrogen functional groups attached to an aromatic ring is 1. The summed E-state index contributed by atoms with van der Waals surface area (Å²) in [6, 6.07) is 3.73. The monoisotopic (exact) mass is 291 g/mol. The molecule has 0 atom stereocenters. The van der Waals surface area contributed by atoms with Gasteiger partial charge in [0.1, 0.15) is 17.4 Å². The first-order valence-electron chi connectivity index (χ1n) is 6.50. The van der Waals surface area contributed by atoms with Crippen molar-refractivity contribution in [2.45, 2.75) is 34.1 Å². The first-order valence-corrected chi connectivity index (χ1v) is 6.87. The topological polar surface area (TPSA) is 61.0 Å². The molecule has 0 aliphatic carbocycles. The van der Waals surface area contributed by atoms with Crippen molar-refractivity contribution in [3.63, 3.8) is 0 Å². The summed E-state index contributed by atoms with van der Waals surface area (Å²) in [5.41, 5.74) is 8.57. The molecular weight excluding hydrogens is 274 g/mol. The van der Waals surface area contributed by atoms with E-state index in [1.54, 1.807) is 0 Å². The van der Waals surface area contributed by atoms with Gasteiger partial charge in [0, 0.05) is 11.4 Å². The molecule has 0 aliphatic heterocycles. The average Bonchev–Trinajstić information content (AvgIpc) is 2.38. The molecule has 0 bridgehead atoms. The highest BCUT2D eigenvalue weighted by molar-refractivity contribution is 6.30. The minimum absolute atomic E-state index is 0.455. The summed E-state index contributed by atoms with van der Waals surface area (Å²) in [5, 5.41) is 0.695. The molecule has 1 heterocycles. The Labute approximate surface area is 124 Å². The van der Waals surface area contributed by atoms with Gasteiger partial charge in [-0.25, -0.2) is 4.98 Å². The van der Waals surface area contributed by atoms with Crippen LogP contribution in [0.5, 0.6) is 11.6 Å².